The van der Waals surface area contributed by atoms with Crippen molar-refractivity contribution in [1.82, 2.24) is 19.8 Å². The van der Waals surface area contributed by atoms with Crippen molar-refractivity contribution in [3.8, 4) is 0 Å². The van der Waals surface area contributed by atoms with Gasteiger partial charge in [0.25, 0.3) is 0 Å². The summed E-state index contributed by atoms with van der Waals surface area (Å²) in [6, 6.07) is 7.22. The third-order valence-electron chi connectivity index (χ3n) is 5.13. The molecule has 164 valence electrons. The zero-order chi connectivity index (χ0) is 21.1. The number of rotatable bonds is 10. The summed E-state index contributed by atoms with van der Waals surface area (Å²) in [6.07, 6.45) is 4.77. The minimum Gasteiger partial charge on any atom is -0.357 e. The lowest BCUT2D eigenvalue weighted by Crippen LogP contribution is -2.47. The molecule has 0 bridgehead atoms. The van der Waals surface area contributed by atoms with E-state index in [1.54, 1.807) is 16.4 Å². The molecule has 8 heteroatoms. The van der Waals surface area contributed by atoms with Crippen molar-refractivity contribution in [3.05, 3.63) is 29.8 Å². The van der Waals surface area contributed by atoms with Crippen molar-refractivity contribution in [1.29, 1.82) is 0 Å². The van der Waals surface area contributed by atoms with Gasteiger partial charge in [0, 0.05) is 39.3 Å². The first-order chi connectivity index (χ1) is 14.0. The minimum atomic E-state index is -3.51. The summed E-state index contributed by atoms with van der Waals surface area (Å²) in [4.78, 5) is 7.15. The van der Waals surface area contributed by atoms with Gasteiger partial charge in [-0.25, -0.2) is 13.4 Å². The number of sulfonamides is 1. The lowest BCUT2D eigenvalue weighted by atomic mass is 10.2. The molecule has 0 aliphatic carbocycles. The molecular formula is C21H37N5O2S. The van der Waals surface area contributed by atoms with Crippen LogP contribution in [0.1, 0.15) is 45.1 Å². The number of guanidine groups is 1. The minimum absolute atomic E-state index is 0.327. The Labute approximate surface area is 176 Å². The van der Waals surface area contributed by atoms with Gasteiger partial charge < -0.3 is 15.5 Å². The van der Waals surface area contributed by atoms with Crippen LogP contribution in [0.5, 0.6) is 0 Å². The molecule has 0 amide bonds. The average Bonchev–Trinajstić information content (AvgIpc) is 2.72. The van der Waals surface area contributed by atoms with E-state index in [1.807, 2.05) is 26.1 Å². The van der Waals surface area contributed by atoms with Gasteiger partial charge in [-0.15, -0.1) is 0 Å². The maximum absolute atomic E-state index is 13.2. The number of likely N-dealkylation sites (N-methyl/N-ethyl adjacent to an activating group) is 1. The first kappa shape index (κ1) is 23.6. The standard InChI is InChI=1S/C21H37N5O2S/c1-4-6-7-10-13-23-21(22-5-2)24-18-19-11-8-9-12-20(19)29(27,28)26-16-14-25(3)15-17-26/h8-9,11-12H,4-7,10,13-18H2,1-3H3,(H2,22,23,24). The predicted octanol–water partition coefficient (Wildman–Crippen LogP) is 2.26. The molecule has 0 spiro atoms. The fraction of sp³-hybridized carbons (Fsp3) is 0.667. The molecule has 2 rings (SSSR count). The van der Waals surface area contributed by atoms with Gasteiger partial charge in [0.1, 0.15) is 0 Å². The summed E-state index contributed by atoms with van der Waals surface area (Å²) in [7, 11) is -1.49. The maximum atomic E-state index is 13.2. The first-order valence-electron chi connectivity index (χ1n) is 10.8. The van der Waals surface area contributed by atoms with Crippen LogP contribution in [-0.2, 0) is 16.6 Å². The van der Waals surface area contributed by atoms with Crippen LogP contribution in [0.3, 0.4) is 0 Å². The zero-order valence-electron chi connectivity index (χ0n) is 18.2. The van der Waals surface area contributed by atoms with Gasteiger partial charge in [0.15, 0.2) is 5.96 Å². The second-order valence-corrected chi connectivity index (χ2v) is 9.40. The molecule has 1 fully saturated rings. The summed E-state index contributed by atoms with van der Waals surface area (Å²) in [5, 5.41) is 6.59. The van der Waals surface area contributed by atoms with Crippen LogP contribution < -0.4 is 10.6 Å². The second kappa shape index (κ2) is 12.1. The van der Waals surface area contributed by atoms with Crippen LogP contribution in [0.15, 0.2) is 34.2 Å². The molecule has 1 saturated heterocycles. The number of nitrogens with one attached hydrogen (secondary N) is 2. The molecule has 0 unspecified atom stereocenters. The highest BCUT2D eigenvalue weighted by atomic mass is 32.2. The smallest absolute Gasteiger partial charge is 0.243 e. The summed E-state index contributed by atoms with van der Waals surface area (Å²) in [6.45, 7) is 8.75. The molecule has 0 radical (unpaired) electrons. The van der Waals surface area contributed by atoms with Gasteiger partial charge in [-0.2, -0.15) is 4.31 Å². The topological polar surface area (TPSA) is 77.0 Å². The number of piperazine rings is 1. The Morgan fingerprint density at radius 1 is 1.03 bits per heavy atom. The van der Waals surface area contributed by atoms with E-state index in [0.29, 0.717) is 24.5 Å². The molecule has 0 saturated carbocycles. The number of unbranched alkanes of at least 4 members (excludes halogenated alkanes) is 3. The lowest BCUT2D eigenvalue weighted by Gasteiger charge is -2.32. The average molecular weight is 424 g/mol. The van der Waals surface area contributed by atoms with Gasteiger partial charge >= 0.3 is 0 Å². The monoisotopic (exact) mass is 423 g/mol. The Morgan fingerprint density at radius 3 is 2.45 bits per heavy atom. The largest absolute Gasteiger partial charge is 0.357 e. The molecule has 0 atom stereocenters. The van der Waals surface area contributed by atoms with Crippen LogP contribution in [0, 0.1) is 0 Å². The number of benzene rings is 1. The van der Waals surface area contributed by atoms with Crippen LogP contribution >= 0.6 is 0 Å². The third kappa shape index (κ3) is 7.28. The lowest BCUT2D eigenvalue weighted by molar-refractivity contribution is 0.222. The summed E-state index contributed by atoms with van der Waals surface area (Å²) >= 11 is 0. The Kier molecular flexibility index (Phi) is 9.90. The molecule has 29 heavy (non-hydrogen) atoms. The molecule has 1 aromatic rings. The normalized spacial score (nSPS) is 16.7. The van der Waals surface area contributed by atoms with Gasteiger partial charge in [-0.1, -0.05) is 44.4 Å². The van der Waals surface area contributed by atoms with E-state index in [-0.39, 0.29) is 0 Å². The van der Waals surface area contributed by atoms with Gasteiger partial charge in [0.05, 0.1) is 11.4 Å². The number of aliphatic imine (C=N–C) groups is 1. The van der Waals surface area contributed by atoms with E-state index in [4.69, 9.17) is 0 Å². The second-order valence-electron chi connectivity index (χ2n) is 7.50. The Balaban J connectivity index is 2.09. The van der Waals surface area contributed by atoms with E-state index in [0.717, 1.165) is 44.1 Å². The highest BCUT2D eigenvalue weighted by Crippen LogP contribution is 2.22. The van der Waals surface area contributed by atoms with Crippen molar-refractivity contribution in [2.24, 2.45) is 4.99 Å². The SMILES string of the molecule is CCCCCCNC(=NCc1ccccc1S(=O)(=O)N1CCN(C)CC1)NCC. The van der Waals surface area contributed by atoms with Crippen LogP contribution in [0.4, 0.5) is 0 Å². The van der Waals surface area contributed by atoms with E-state index in [1.165, 1.54) is 19.3 Å². The summed E-state index contributed by atoms with van der Waals surface area (Å²) in [5.41, 5.74) is 0.731. The van der Waals surface area contributed by atoms with Crippen molar-refractivity contribution in [2.75, 3.05) is 46.3 Å². The maximum Gasteiger partial charge on any atom is 0.243 e. The van der Waals surface area contributed by atoms with Crippen LogP contribution in [-0.4, -0.2) is 69.9 Å². The van der Waals surface area contributed by atoms with Crippen molar-refractivity contribution in [2.45, 2.75) is 51.0 Å². The Hall–Kier alpha value is -1.64. The molecule has 1 heterocycles. The summed E-state index contributed by atoms with van der Waals surface area (Å²) in [5.74, 6) is 0.732. The predicted molar refractivity (Wildman–Crippen MR) is 120 cm³/mol. The fourth-order valence-corrected chi connectivity index (χ4v) is 4.95. The fourth-order valence-electron chi connectivity index (χ4n) is 3.32. The van der Waals surface area contributed by atoms with Crippen LogP contribution in [0.2, 0.25) is 0 Å². The quantitative estimate of drug-likeness (QED) is 0.343. The number of hydrogen-bond acceptors (Lipinski definition) is 4. The molecule has 2 N–H and O–H groups in total. The molecular weight excluding hydrogens is 386 g/mol. The van der Waals surface area contributed by atoms with Gasteiger partial charge in [-0.3, -0.25) is 0 Å². The van der Waals surface area contributed by atoms with E-state index < -0.39 is 10.0 Å². The van der Waals surface area contributed by atoms with Crippen molar-refractivity contribution in [3.63, 3.8) is 0 Å². The molecule has 0 aromatic heterocycles. The Morgan fingerprint density at radius 2 is 1.76 bits per heavy atom. The summed E-state index contributed by atoms with van der Waals surface area (Å²) < 4.78 is 28.0. The van der Waals surface area contributed by atoms with Gasteiger partial charge in [-0.05, 0) is 32.0 Å². The van der Waals surface area contributed by atoms with Crippen molar-refractivity contribution >= 4 is 16.0 Å². The highest BCUT2D eigenvalue weighted by molar-refractivity contribution is 7.89. The first-order valence-corrected chi connectivity index (χ1v) is 12.2. The van der Waals surface area contributed by atoms with E-state index in [2.05, 4.69) is 27.4 Å². The number of hydrogen-bond donors (Lipinski definition) is 2. The van der Waals surface area contributed by atoms with Crippen molar-refractivity contribution < 1.29 is 8.42 Å². The molecule has 1 aliphatic rings. The van der Waals surface area contributed by atoms with Gasteiger partial charge in [0.2, 0.25) is 10.0 Å². The highest BCUT2D eigenvalue weighted by Gasteiger charge is 2.29. The molecule has 1 aliphatic heterocycles. The molecule has 1 aromatic carbocycles. The third-order valence-corrected chi connectivity index (χ3v) is 7.13. The van der Waals surface area contributed by atoms with E-state index >= 15 is 0 Å². The number of nitrogens with zero attached hydrogens (tertiary/aromatic N) is 3. The molecule has 7 nitrogen and oxygen atoms in total. The Bertz CT molecular complexity index is 743. The van der Waals surface area contributed by atoms with Crippen LogP contribution in [0.25, 0.3) is 0 Å². The van der Waals surface area contributed by atoms with E-state index in [9.17, 15) is 8.42 Å². The zero-order valence-corrected chi connectivity index (χ0v) is 19.0.